The highest BCUT2D eigenvalue weighted by molar-refractivity contribution is 5.78. The highest BCUT2D eigenvalue weighted by Crippen LogP contribution is 2.06. The molecule has 0 radical (unpaired) electrons. The van der Waals surface area contributed by atoms with Gasteiger partial charge in [0.05, 0.1) is 17.2 Å². The summed E-state index contributed by atoms with van der Waals surface area (Å²) in [5.41, 5.74) is 3.43. The van der Waals surface area contributed by atoms with Crippen LogP contribution in [0.1, 0.15) is 17.5 Å². The molecule has 0 saturated carbocycles. The summed E-state index contributed by atoms with van der Waals surface area (Å²) in [5.74, 6) is -0.279. The largest absolute Gasteiger partial charge is 0.329 e. The number of hydrogen-bond donors (Lipinski definition) is 0. The molecule has 0 spiro atoms. The van der Waals surface area contributed by atoms with Gasteiger partial charge in [0.15, 0.2) is 0 Å². The van der Waals surface area contributed by atoms with Gasteiger partial charge in [-0.15, -0.1) is 0 Å². The lowest BCUT2D eigenvalue weighted by molar-refractivity contribution is -0.118. The SMILES string of the molecule is Cc1ccc(Cn2ccccc2=NC(=O)CCn2cnc3ccccc3c2=O)cc1. The number of fused-ring (bicyclic) bond motifs is 1. The molecule has 0 unspecified atom stereocenters. The van der Waals surface area contributed by atoms with Gasteiger partial charge in [-0.1, -0.05) is 48.0 Å². The number of benzene rings is 2. The number of aryl methyl sites for hydroxylation is 2. The molecule has 0 saturated heterocycles. The normalized spacial score (nSPS) is 11.7. The van der Waals surface area contributed by atoms with Crippen molar-refractivity contribution in [3.63, 3.8) is 0 Å². The van der Waals surface area contributed by atoms with Crippen LogP contribution in [-0.4, -0.2) is 20.0 Å². The number of rotatable bonds is 5. The molecule has 2 aromatic carbocycles. The summed E-state index contributed by atoms with van der Waals surface area (Å²) < 4.78 is 3.40. The van der Waals surface area contributed by atoms with Crippen LogP contribution < -0.4 is 11.0 Å². The maximum absolute atomic E-state index is 12.6. The quantitative estimate of drug-likeness (QED) is 0.519. The van der Waals surface area contributed by atoms with Gasteiger partial charge in [-0.3, -0.25) is 14.2 Å². The molecule has 0 atom stereocenters. The van der Waals surface area contributed by atoms with E-state index in [0.29, 0.717) is 22.9 Å². The minimum Gasteiger partial charge on any atom is -0.329 e. The van der Waals surface area contributed by atoms with Crippen LogP contribution in [0.5, 0.6) is 0 Å². The molecule has 2 heterocycles. The fourth-order valence-electron chi connectivity index (χ4n) is 3.26. The van der Waals surface area contributed by atoms with E-state index in [-0.39, 0.29) is 24.4 Å². The standard InChI is InChI=1S/C24H22N4O2/c1-18-9-11-19(12-10-18)16-27-14-5-4-8-22(27)26-23(29)13-15-28-17-25-21-7-3-2-6-20(21)24(28)30/h2-12,14,17H,13,15-16H2,1H3. The summed E-state index contributed by atoms with van der Waals surface area (Å²) in [6.45, 7) is 2.92. The second-order valence-electron chi connectivity index (χ2n) is 7.19. The molecule has 0 aliphatic heterocycles. The van der Waals surface area contributed by atoms with Gasteiger partial charge in [-0.05, 0) is 36.8 Å². The lowest BCUT2D eigenvalue weighted by Gasteiger charge is -2.08. The van der Waals surface area contributed by atoms with Crippen LogP contribution >= 0.6 is 0 Å². The Morgan fingerprint density at radius 3 is 2.57 bits per heavy atom. The minimum absolute atomic E-state index is 0.124. The van der Waals surface area contributed by atoms with Gasteiger partial charge in [0, 0.05) is 25.7 Å². The molecule has 0 aliphatic rings. The van der Waals surface area contributed by atoms with E-state index in [1.165, 1.54) is 16.5 Å². The minimum atomic E-state index is -0.279. The Bertz CT molecular complexity index is 1320. The van der Waals surface area contributed by atoms with Crippen LogP contribution in [-0.2, 0) is 17.9 Å². The first-order chi connectivity index (χ1) is 14.6. The fraction of sp³-hybridized carbons (Fsp3) is 0.167. The predicted octanol–water partition coefficient (Wildman–Crippen LogP) is 3.07. The van der Waals surface area contributed by atoms with Crippen molar-refractivity contribution in [3.05, 3.63) is 106 Å². The molecular formula is C24H22N4O2. The smallest absolute Gasteiger partial charge is 0.261 e. The average molecular weight is 398 g/mol. The maximum atomic E-state index is 12.6. The van der Waals surface area contributed by atoms with Crippen LogP contribution in [0.3, 0.4) is 0 Å². The number of pyridine rings is 1. The van der Waals surface area contributed by atoms with Gasteiger partial charge in [-0.25, -0.2) is 4.98 Å². The summed E-state index contributed by atoms with van der Waals surface area (Å²) in [4.78, 5) is 33.6. The van der Waals surface area contributed by atoms with Crippen molar-refractivity contribution in [2.24, 2.45) is 4.99 Å². The summed E-state index contributed by atoms with van der Waals surface area (Å²) in [5, 5.41) is 0.545. The zero-order valence-corrected chi connectivity index (χ0v) is 16.7. The van der Waals surface area contributed by atoms with E-state index in [2.05, 4.69) is 41.2 Å². The van der Waals surface area contributed by atoms with Crippen molar-refractivity contribution in [3.8, 4) is 0 Å². The molecule has 0 bridgehead atoms. The second-order valence-corrected chi connectivity index (χ2v) is 7.19. The zero-order chi connectivity index (χ0) is 20.9. The van der Waals surface area contributed by atoms with E-state index < -0.39 is 0 Å². The van der Waals surface area contributed by atoms with E-state index in [4.69, 9.17) is 0 Å². The highest BCUT2D eigenvalue weighted by atomic mass is 16.1. The van der Waals surface area contributed by atoms with E-state index in [9.17, 15) is 9.59 Å². The van der Waals surface area contributed by atoms with Gasteiger partial charge in [0.1, 0.15) is 5.49 Å². The third kappa shape index (κ3) is 4.43. The first kappa shape index (κ1) is 19.5. The predicted molar refractivity (Wildman–Crippen MR) is 116 cm³/mol. The number of carbonyl (C=O) groups excluding carboxylic acids is 1. The van der Waals surface area contributed by atoms with E-state index in [1.807, 2.05) is 35.0 Å². The number of carbonyl (C=O) groups is 1. The Balaban J connectivity index is 1.52. The van der Waals surface area contributed by atoms with Crippen LogP contribution in [0.15, 0.2) is 89.0 Å². The van der Waals surface area contributed by atoms with Crippen LogP contribution in [0.25, 0.3) is 10.9 Å². The van der Waals surface area contributed by atoms with E-state index in [0.717, 1.165) is 5.56 Å². The molecule has 6 heteroatoms. The molecule has 4 rings (SSSR count). The Kier molecular flexibility index (Phi) is 5.66. The van der Waals surface area contributed by atoms with Crippen LogP contribution in [0.4, 0.5) is 0 Å². The van der Waals surface area contributed by atoms with Gasteiger partial charge in [0.2, 0.25) is 5.91 Å². The van der Waals surface area contributed by atoms with E-state index in [1.54, 1.807) is 18.2 Å². The number of para-hydroxylation sites is 1. The lowest BCUT2D eigenvalue weighted by Crippen LogP contribution is -2.24. The molecular weight excluding hydrogens is 376 g/mol. The Hall–Kier alpha value is -3.80. The first-order valence-corrected chi connectivity index (χ1v) is 9.83. The Morgan fingerprint density at radius 1 is 0.967 bits per heavy atom. The Morgan fingerprint density at radius 2 is 1.73 bits per heavy atom. The van der Waals surface area contributed by atoms with E-state index >= 15 is 0 Å². The molecule has 0 fully saturated rings. The third-order valence-electron chi connectivity index (χ3n) is 4.93. The third-order valence-corrected chi connectivity index (χ3v) is 4.93. The zero-order valence-electron chi connectivity index (χ0n) is 16.7. The van der Waals surface area contributed by atoms with Crippen molar-refractivity contribution in [1.82, 2.24) is 14.1 Å². The lowest BCUT2D eigenvalue weighted by atomic mass is 10.1. The average Bonchev–Trinajstić information content (AvgIpc) is 2.76. The fourth-order valence-corrected chi connectivity index (χ4v) is 3.26. The van der Waals surface area contributed by atoms with Gasteiger partial charge in [-0.2, -0.15) is 4.99 Å². The molecule has 0 N–H and O–H groups in total. The molecule has 150 valence electrons. The van der Waals surface area contributed by atoms with Crippen molar-refractivity contribution < 1.29 is 4.79 Å². The van der Waals surface area contributed by atoms with Crippen LogP contribution in [0, 0.1) is 6.92 Å². The maximum Gasteiger partial charge on any atom is 0.261 e. The van der Waals surface area contributed by atoms with Gasteiger partial charge in [0.25, 0.3) is 5.56 Å². The first-order valence-electron chi connectivity index (χ1n) is 9.83. The van der Waals surface area contributed by atoms with Crippen molar-refractivity contribution in [2.45, 2.75) is 26.4 Å². The molecule has 6 nitrogen and oxygen atoms in total. The molecule has 30 heavy (non-hydrogen) atoms. The van der Waals surface area contributed by atoms with Crippen molar-refractivity contribution >= 4 is 16.8 Å². The molecule has 4 aromatic rings. The number of nitrogens with zero attached hydrogens (tertiary/aromatic N) is 4. The van der Waals surface area contributed by atoms with Crippen molar-refractivity contribution in [2.75, 3.05) is 0 Å². The Labute approximate surface area is 173 Å². The molecule has 2 aromatic heterocycles. The second kappa shape index (κ2) is 8.69. The van der Waals surface area contributed by atoms with Crippen molar-refractivity contribution in [1.29, 1.82) is 0 Å². The number of amides is 1. The number of aromatic nitrogens is 3. The van der Waals surface area contributed by atoms with Gasteiger partial charge >= 0.3 is 0 Å². The summed E-state index contributed by atoms with van der Waals surface area (Å²) in [6, 6.07) is 21.0. The topological polar surface area (TPSA) is 69.2 Å². The number of hydrogen-bond acceptors (Lipinski definition) is 3. The van der Waals surface area contributed by atoms with Gasteiger partial charge < -0.3 is 4.57 Å². The summed E-state index contributed by atoms with van der Waals surface area (Å²) >= 11 is 0. The molecule has 0 aliphatic carbocycles. The summed E-state index contributed by atoms with van der Waals surface area (Å²) in [7, 11) is 0. The molecule has 1 amide bonds. The summed E-state index contributed by atoms with van der Waals surface area (Å²) in [6.07, 6.45) is 3.51. The highest BCUT2D eigenvalue weighted by Gasteiger charge is 2.06. The monoisotopic (exact) mass is 398 g/mol. The van der Waals surface area contributed by atoms with Crippen LogP contribution in [0.2, 0.25) is 0 Å².